The predicted molar refractivity (Wildman–Crippen MR) is 139 cm³/mol. The molecule has 1 aliphatic carbocycles. The molecule has 0 saturated carbocycles. The topological polar surface area (TPSA) is 73.2 Å². The number of rotatable bonds is 6. The number of benzene rings is 2. The van der Waals surface area contributed by atoms with Crippen molar-refractivity contribution in [3.8, 4) is 11.4 Å². The number of nitrogens with one attached hydrogen (secondary N) is 1. The number of fused-ring (bicyclic) bond motifs is 3. The van der Waals surface area contributed by atoms with E-state index in [1.54, 1.807) is 23.0 Å². The highest BCUT2D eigenvalue weighted by Crippen LogP contribution is 2.36. The van der Waals surface area contributed by atoms with Gasteiger partial charge in [0.05, 0.1) is 23.9 Å². The Kier molecular flexibility index (Phi) is 6.18. The van der Waals surface area contributed by atoms with Gasteiger partial charge in [-0.15, -0.1) is 11.3 Å². The second-order valence-corrected chi connectivity index (χ2v) is 10.5. The number of amides is 1. The van der Waals surface area contributed by atoms with Crippen LogP contribution in [0.3, 0.4) is 0 Å². The van der Waals surface area contributed by atoms with Gasteiger partial charge in [-0.3, -0.25) is 14.2 Å². The first-order chi connectivity index (χ1) is 16.4. The molecule has 34 heavy (non-hydrogen) atoms. The molecule has 0 bridgehead atoms. The fraction of sp³-hybridized carbons (Fsp3) is 0.269. The Bertz CT molecular complexity index is 1460. The van der Waals surface area contributed by atoms with E-state index in [4.69, 9.17) is 9.72 Å². The summed E-state index contributed by atoms with van der Waals surface area (Å²) >= 11 is 2.88. The summed E-state index contributed by atoms with van der Waals surface area (Å²) in [6, 6.07) is 13.3. The number of thiophene rings is 1. The average Bonchev–Trinajstić information content (AvgIpc) is 3.41. The molecule has 2 aromatic heterocycles. The van der Waals surface area contributed by atoms with Crippen LogP contribution < -0.4 is 15.6 Å². The van der Waals surface area contributed by atoms with Gasteiger partial charge in [-0.05, 0) is 74.6 Å². The number of aromatic nitrogens is 2. The van der Waals surface area contributed by atoms with Crippen molar-refractivity contribution < 1.29 is 9.53 Å². The van der Waals surface area contributed by atoms with Crippen molar-refractivity contribution in [2.24, 2.45) is 0 Å². The zero-order valence-corrected chi connectivity index (χ0v) is 20.9. The number of nitrogens with zero attached hydrogens (tertiary/aromatic N) is 2. The number of hydrogen-bond donors (Lipinski definition) is 1. The van der Waals surface area contributed by atoms with Crippen molar-refractivity contribution in [1.82, 2.24) is 9.55 Å². The van der Waals surface area contributed by atoms with E-state index in [2.05, 4.69) is 5.32 Å². The maximum atomic E-state index is 13.7. The molecule has 1 amide bonds. The molecule has 1 N–H and O–H groups in total. The molecule has 2 heterocycles. The highest BCUT2D eigenvalue weighted by atomic mass is 32.2. The van der Waals surface area contributed by atoms with Crippen LogP contribution in [-0.4, -0.2) is 28.3 Å². The standard InChI is InChI=1S/C26H25N3O3S2/c1-15-7-12-20(16(2)13-15)27-22(30)14-33-26-28-24-23(19-5-4-6-21(19)34-24)25(31)29(26)17-8-10-18(32-3)11-9-17/h7-13H,4-6,14H2,1-3H3,(H,27,30). The lowest BCUT2D eigenvalue weighted by Crippen LogP contribution is -2.23. The number of anilines is 1. The van der Waals surface area contributed by atoms with Gasteiger partial charge in [-0.25, -0.2) is 4.98 Å². The van der Waals surface area contributed by atoms with Crippen molar-refractivity contribution in [2.45, 2.75) is 38.3 Å². The molecule has 0 saturated heterocycles. The molecular weight excluding hydrogens is 466 g/mol. The second kappa shape index (κ2) is 9.27. The van der Waals surface area contributed by atoms with Crippen LogP contribution in [0.25, 0.3) is 15.9 Å². The summed E-state index contributed by atoms with van der Waals surface area (Å²) in [4.78, 5) is 33.4. The summed E-state index contributed by atoms with van der Waals surface area (Å²) in [7, 11) is 1.61. The summed E-state index contributed by atoms with van der Waals surface area (Å²) < 4.78 is 6.90. The minimum atomic E-state index is -0.138. The molecule has 0 unspecified atom stereocenters. The van der Waals surface area contributed by atoms with Crippen molar-refractivity contribution in [2.75, 3.05) is 18.2 Å². The summed E-state index contributed by atoms with van der Waals surface area (Å²) in [5.74, 6) is 0.720. The van der Waals surface area contributed by atoms with Crippen molar-refractivity contribution in [1.29, 1.82) is 0 Å². The lowest BCUT2D eigenvalue weighted by atomic mass is 10.1. The third-order valence-corrected chi connectivity index (χ3v) is 8.15. The quantitative estimate of drug-likeness (QED) is 0.293. The van der Waals surface area contributed by atoms with E-state index in [9.17, 15) is 9.59 Å². The van der Waals surface area contributed by atoms with Crippen LogP contribution in [0.5, 0.6) is 5.75 Å². The van der Waals surface area contributed by atoms with E-state index in [0.717, 1.165) is 51.9 Å². The Balaban J connectivity index is 1.50. The number of methoxy groups -OCH3 is 1. The molecule has 1 aliphatic rings. The van der Waals surface area contributed by atoms with Crippen LogP contribution in [0.4, 0.5) is 5.69 Å². The van der Waals surface area contributed by atoms with Gasteiger partial charge in [0.2, 0.25) is 5.91 Å². The Hall–Kier alpha value is -3.10. The fourth-order valence-electron chi connectivity index (χ4n) is 4.35. The first-order valence-corrected chi connectivity index (χ1v) is 13.0. The molecule has 5 rings (SSSR count). The number of thioether (sulfide) groups is 1. The average molecular weight is 492 g/mol. The molecule has 174 valence electrons. The number of carbonyl (C=O) groups is 1. The van der Waals surface area contributed by atoms with E-state index in [-0.39, 0.29) is 17.2 Å². The van der Waals surface area contributed by atoms with Gasteiger partial charge in [0, 0.05) is 10.6 Å². The molecule has 0 aliphatic heterocycles. The highest BCUT2D eigenvalue weighted by molar-refractivity contribution is 7.99. The van der Waals surface area contributed by atoms with Crippen molar-refractivity contribution >= 4 is 44.9 Å². The summed E-state index contributed by atoms with van der Waals surface area (Å²) in [5, 5.41) is 4.21. The molecule has 0 fully saturated rings. The van der Waals surface area contributed by atoms with Crippen LogP contribution in [0.15, 0.2) is 52.4 Å². The van der Waals surface area contributed by atoms with Gasteiger partial charge >= 0.3 is 0 Å². The van der Waals surface area contributed by atoms with Crippen LogP contribution >= 0.6 is 23.1 Å². The van der Waals surface area contributed by atoms with Gasteiger partial charge in [0.1, 0.15) is 10.6 Å². The lowest BCUT2D eigenvalue weighted by Gasteiger charge is -2.13. The van der Waals surface area contributed by atoms with Gasteiger partial charge in [-0.2, -0.15) is 0 Å². The molecule has 6 nitrogen and oxygen atoms in total. The first kappa shape index (κ1) is 22.7. The highest BCUT2D eigenvalue weighted by Gasteiger charge is 2.24. The first-order valence-electron chi connectivity index (χ1n) is 11.2. The van der Waals surface area contributed by atoms with Crippen LogP contribution in [0.2, 0.25) is 0 Å². The van der Waals surface area contributed by atoms with Gasteiger partial charge in [-0.1, -0.05) is 29.5 Å². The molecule has 4 aromatic rings. The van der Waals surface area contributed by atoms with E-state index < -0.39 is 0 Å². The Morgan fingerprint density at radius 3 is 2.71 bits per heavy atom. The van der Waals surface area contributed by atoms with E-state index in [1.165, 1.54) is 16.6 Å². The maximum Gasteiger partial charge on any atom is 0.267 e. The number of carbonyl (C=O) groups excluding carboxylic acids is 1. The van der Waals surface area contributed by atoms with Crippen LogP contribution in [0.1, 0.15) is 28.0 Å². The van der Waals surface area contributed by atoms with Crippen LogP contribution in [-0.2, 0) is 17.6 Å². The summed E-state index contributed by atoms with van der Waals surface area (Å²) in [6.45, 7) is 4.00. The number of ether oxygens (including phenoxy) is 1. The SMILES string of the molecule is COc1ccc(-n2c(SCC(=O)Nc3ccc(C)cc3C)nc3sc4c(c3c2=O)CCC4)cc1. The smallest absolute Gasteiger partial charge is 0.267 e. The fourth-order valence-corrected chi connectivity index (χ4v) is 6.47. The minimum Gasteiger partial charge on any atom is -0.497 e. The van der Waals surface area contributed by atoms with E-state index in [1.807, 2.05) is 56.3 Å². The largest absolute Gasteiger partial charge is 0.497 e. The van der Waals surface area contributed by atoms with Crippen molar-refractivity contribution in [3.05, 3.63) is 74.4 Å². The zero-order valence-electron chi connectivity index (χ0n) is 19.3. The summed E-state index contributed by atoms with van der Waals surface area (Å²) in [5.41, 5.74) is 4.72. The normalized spacial score (nSPS) is 12.7. The van der Waals surface area contributed by atoms with Gasteiger partial charge < -0.3 is 10.1 Å². The molecular formula is C26H25N3O3S2. The molecule has 8 heteroatoms. The van der Waals surface area contributed by atoms with Crippen molar-refractivity contribution in [3.63, 3.8) is 0 Å². The molecule has 0 radical (unpaired) electrons. The monoisotopic (exact) mass is 491 g/mol. The van der Waals surface area contributed by atoms with Crippen LogP contribution in [0, 0.1) is 13.8 Å². The third-order valence-electron chi connectivity index (χ3n) is 6.03. The third kappa shape index (κ3) is 4.23. The predicted octanol–water partition coefficient (Wildman–Crippen LogP) is 5.29. The Morgan fingerprint density at radius 1 is 1.18 bits per heavy atom. The molecule has 2 aromatic carbocycles. The molecule has 0 spiro atoms. The van der Waals surface area contributed by atoms with E-state index in [0.29, 0.717) is 16.6 Å². The minimum absolute atomic E-state index is 0.0770. The van der Waals surface area contributed by atoms with Gasteiger partial charge in [0.15, 0.2) is 5.16 Å². The number of hydrogen-bond acceptors (Lipinski definition) is 6. The Morgan fingerprint density at radius 2 is 1.97 bits per heavy atom. The van der Waals surface area contributed by atoms with Gasteiger partial charge in [0.25, 0.3) is 5.56 Å². The van der Waals surface area contributed by atoms with E-state index >= 15 is 0 Å². The second-order valence-electron chi connectivity index (χ2n) is 8.43. The molecule has 0 atom stereocenters. The zero-order chi connectivity index (χ0) is 23.8. The maximum absolute atomic E-state index is 13.7. The Labute approximate surface area is 206 Å². The summed E-state index contributed by atoms with van der Waals surface area (Å²) in [6.07, 6.45) is 2.99. The lowest BCUT2D eigenvalue weighted by molar-refractivity contribution is -0.113. The number of aryl methyl sites for hydroxylation is 4.